The third-order valence-corrected chi connectivity index (χ3v) is 8.29. The number of nitrogens with one attached hydrogen (secondary N) is 2. The molecule has 0 saturated carbocycles. The van der Waals surface area contributed by atoms with Crippen LogP contribution in [0.2, 0.25) is 0 Å². The number of aryl methyl sites for hydroxylation is 2. The molecule has 1 aliphatic heterocycles. The quantitative estimate of drug-likeness (QED) is 0.123. The van der Waals surface area contributed by atoms with Gasteiger partial charge in [-0.15, -0.1) is 0 Å². The number of alkyl halides is 6. The molecule has 1 atom stereocenters. The lowest BCUT2D eigenvalue weighted by atomic mass is 9.98. The first-order chi connectivity index (χ1) is 27.4. The number of halogens is 9. The highest BCUT2D eigenvalue weighted by Gasteiger charge is 2.35. The summed E-state index contributed by atoms with van der Waals surface area (Å²) in [5.74, 6) is -2.23. The van der Waals surface area contributed by atoms with Gasteiger partial charge in [-0.2, -0.15) is 36.5 Å². The fourth-order valence-corrected chi connectivity index (χ4v) is 5.33. The number of carbonyl (C=O) groups excluding carboxylic acids is 1. The number of aromatic nitrogens is 6. The van der Waals surface area contributed by atoms with E-state index in [-0.39, 0.29) is 40.9 Å². The molecule has 0 spiro atoms. The van der Waals surface area contributed by atoms with E-state index in [4.69, 9.17) is 12.6 Å². The Hall–Kier alpha value is -6.18. The number of benzene rings is 2. The van der Waals surface area contributed by atoms with Crippen molar-refractivity contribution >= 4 is 25.4 Å². The summed E-state index contributed by atoms with van der Waals surface area (Å²) in [5.41, 5.74) is -0.982. The summed E-state index contributed by atoms with van der Waals surface area (Å²) in [6, 6.07) is 16.9. The third-order valence-electron chi connectivity index (χ3n) is 8.29. The van der Waals surface area contributed by atoms with Gasteiger partial charge in [0.2, 0.25) is 0 Å². The van der Waals surface area contributed by atoms with Crippen molar-refractivity contribution in [2.45, 2.75) is 37.7 Å². The van der Waals surface area contributed by atoms with Crippen LogP contribution in [0.25, 0.3) is 22.5 Å². The molecule has 7 rings (SSSR count). The predicted octanol–water partition coefficient (Wildman–Crippen LogP) is 8.57. The Kier molecular flexibility index (Phi) is 13.6. The van der Waals surface area contributed by atoms with Crippen molar-refractivity contribution in [3.8, 4) is 22.5 Å². The van der Waals surface area contributed by atoms with Crippen LogP contribution < -0.4 is 10.6 Å². The highest BCUT2D eigenvalue weighted by molar-refractivity contribution is 6.11. The molecule has 58 heavy (non-hydrogen) atoms. The molecule has 2 radical (unpaired) electrons. The van der Waals surface area contributed by atoms with E-state index in [1.165, 1.54) is 69.0 Å². The smallest absolute Gasteiger partial charge is 0.388 e. The molecule has 1 unspecified atom stereocenters. The van der Waals surface area contributed by atoms with Crippen molar-refractivity contribution in [3.05, 3.63) is 131 Å². The van der Waals surface area contributed by atoms with Crippen molar-refractivity contribution < 1.29 is 49.0 Å². The Morgan fingerprint density at radius 3 is 1.69 bits per heavy atom. The molecule has 2 aromatic carbocycles. The van der Waals surface area contributed by atoms with Crippen molar-refractivity contribution in [1.82, 2.24) is 29.5 Å². The average Bonchev–Trinajstić information content (AvgIpc) is 3.92. The van der Waals surface area contributed by atoms with Gasteiger partial charge < -0.3 is 15.4 Å². The lowest BCUT2D eigenvalue weighted by Gasteiger charge is -2.08. The van der Waals surface area contributed by atoms with Crippen molar-refractivity contribution in [2.75, 3.05) is 17.2 Å². The van der Waals surface area contributed by atoms with Crippen LogP contribution in [0, 0.1) is 17.5 Å². The van der Waals surface area contributed by atoms with Gasteiger partial charge >= 0.3 is 12.4 Å². The van der Waals surface area contributed by atoms with Gasteiger partial charge in [-0.25, -0.2) is 23.1 Å². The third kappa shape index (κ3) is 11.2. The first-order valence-corrected chi connectivity index (χ1v) is 17.2. The van der Waals surface area contributed by atoms with E-state index in [0.717, 1.165) is 59.1 Å². The average molecular weight is 815 g/mol. The molecule has 1 fully saturated rings. The zero-order chi connectivity index (χ0) is 42.2. The van der Waals surface area contributed by atoms with Crippen LogP contribution in [0.4, 0.5) is 51.1 Å². The fourth-order valence-electron chi connectivity index (χ4n) is 5.33. The number of rotatable bonds is 7. The maximum atomic E-state index is 13.6. The van der Waals surface area contributed by atoms with E-state index in [9.17, 15) is 44.3 Å². The normalized spacial score (nSPS) is 13.9. The number of anilines is 2. The van der Waals surface area contributed by atoms with Crippen LogP contribution >= 0.6 is 0 Å². The Labute approximate surface area is 326 Å². The maximum Gasteiger partial charge on any atom is 0.435 e. The van der Waals surface area contributed by atoms with Crippen LogP contribution in [0.5, 0.6) is 0 Å². The second-order valence-electron chi connectivity index (χ2n) is 12.5. The molecule has 302 valence electrons. The molecular formula is C38H32BF9N8O2. The summed E-state index contributed by atoms with van der Waals surface area (Å²) in [4.78, 5) is 20.1. The van der Waals surface area contributed by atoms with Gasteiger partial charge in [0.1, 0.15) is 36.9 Å². The lowest BCUT2D eigenvalue weighted by molar-refractivity contribution is -0.142. The zero-order valence-corrected chi connectivity index (χ0v) is 30.5. The van der Waals surface area contributed by atoms with Crippen LogP contribution in [-0.2, 0) is 37.7 Å². The molecule has 1 amide bonds. The van der Waals surface area contributed by atoms with Gasteiger partial charge in [0, 0.05) is 62.3 Å². The van der Waals surface area contributed by atoms with Gasteiger partial charge in [0.15, 0.2) is 11.4 Å². The second-order valence-corrected chi connectivity index (χ2v) is 12.5. The van der Waals surface area contributed by atoms with Gasteiger partial charge in [-0.3, -0.25) is 14.2 Å². The van der Waals surface area contributed by atoms with Crippen LogP contribution in [-0.4, -0.2) is 55.9 Å². The monoisotopic (exact) mass is 814 g/mol. The summed E-state index contributed by atoms with van der Waals surface area (Å²) >= 11 is 0. The summed E-state index contributed by atoms with van der Waals surface area (Å²) < 4.78 is 124. The highest BCUT2D eigenvalue weighted by atomic mass is 19.4. The number of ether oxygens (including phenoxy) is 1. The number of hydrogen-bond donors (Lipinski definition) is 2. The van der Waals surface area contributed by atoms with Crippen LogP contribution in [0.1, 0.15) is 40.2 Å². The highest BCUT2D eigenvalue weighted by Crippen LogP contribution is 2.33. The topological polar surface area (TPSA) is 112 Å². The molecule has 6 aromatic rings. The number of hydrogen-bond acceptors (Lipinski definition) is 7. The molecule has 2 N–H and O–H groups in total. The van der Waals surface area contributed by atoms with Gasteiger partial charge in [-0.1, -0.05) is 18.2 Å². The minimum Gasteiger partial charge on any atom is -0.388 e. The van der Waals surface area contributed by atoms with Crippen molar-refractivity contribution in [1.29, 1.82) is 0 Å². The SMILES string of the molecule is Cn1nc(C(F)(F)F)cc1-c1ccc(NC(=O)c2ccccc2F)nc1.Cn1nc(C(F)(F)F)cc1-c1ccc(NCc2c(F)cccc2F)nc1.[B]C1CCCO1. The van der Waals surface area contributed by atoms with Gasteiger partial charge in [0.05, 0.1) is 17.0 Å². The van der Waals surface area contributed by atoms with Crippen molar-refractivity contribution in [2.24, 2.45) is 14.1 Å². The zero-order valence-electron chi connectivity index (χ0n) is 30.5. The minimum absolute atomic E-state index is 0.0463. The number of nitrogens with zero attached hydrogens (tertiary/aromatic N) is 6. The molecule has 4 aromatic heterocycles. The molecule has 0 aliphatic carbocycles. The maximum absolute atomic E-state index is 13.6. The first-order valence-electron chi connectivity index (χ1n) is 17.2. The van der Waals surface area contributed by atoms with E-state index >= 15 is 0 Å². The van der Waals surface area contributed by atoms with Crippen molar-refractivity contribution in [3.63, 3.8) is 0 Å². The summed E-state index contributed by atoms with van der Waals surface area (Å²) in [6.07, 6.45) is -4.24. The number of carbonyl (C=O) groups is 1. The molecule has 10 nitrogen and oxygen atoms in total. The Morgan fingerprint density at radius 2 is 1.28 bits per heavy atom. The molecule has 0 bridgehead atoms. The summed E-state index contributed by atoms with van der Waals surface area (Å²) in [6.45, 7) is 0.746. The molecule has 20 heteroatoms. The van der Waals surface area contributed by atoms with Crippen LogP contribution in [0.3, 0.4) is 0 Å². The Balaban J connectivity index is 0.000000193. The molecule has 1 saturated heterocycles. The van der Waals surface area contributed by atoms with E-state index in [1.807, 2.05) is 0 Å². The minimum atomic E-state index is -4.54. The Morgan fingerprint density at radius 1 is 0.759 bits per heavy atom. The first kappa shape index (κ1) is 43.0. The standard InChI is InChI=1S/C17H13F5N4.C17H12F4N4O.C4H7BO/c1-26-14(7-15(25-26)17(20,21)22)10-5-6-16(23-8-10)24-9-11-12(18)3-2-4-13(11)19;1-25-13(8-14(24-25)17(19,20)21)10-6-7-15(22-9-10)23-16(26)11-4-2-3-5-12(11)18;5-4-2-1-3-6-4/h2-8H,9H2,1H3,(H,23,24);2-9H,1H3,(H,22,23,26);4H,1-3H2. The lowest BCUT2D eigenvalue weighted by Crippen LogP contribution is -2.14. The molecular weight excluding hydrogens is 782 g/mol. The van der Waals surface area contributed by atoms with Gasteiger partial charge in [-0.05, 0) is 73.5 Å². The predicted molar refractivity (Wildman–Crippen MR) is 196 cm³/mol. The number of pyridine rings is 2. The summed E-state index contributed by atoms with van der Waals surface area (Å²) in [7, 11) is 8.10. The molecule has 1 aliphatic rings. The van der Waals surface area contributed by atoms with Crippen LogP contribution in [0.15, 0.2) is 91.3 Å². The van der Waals surface area contributed by atoms with E-state index in [1.54, 1.807) is 6.07 Å². The van der Waals surface area contributed by atoms with E-state index < -0.39 is 47.1 Å². The fraction of sp³-hybridized carbons (Fsp3) is 0.237. The second kappa shape index (κ2) is 18.4. The van der Waals surface area contributed by atoms with Gasteiger partial charge in [0.25, 0.3) is 5.91 Å². The summed E-state index contributed by atoms with van der Waals surface area (Å²) in [5, 5.41) is 12.1. The van der Waals surface area contributed by atoms with E-state index in [0.29, 0.717) is 16.9 Å². The Bertz CT molecular complexity index is 2290. The van der Waals surface area contributed by atoms with E-state index in [2.05, 4.69) is 30.8 Å². The largest absolute Gasteiger partial charge is 0.435 e. The molecule has 5 heterocycles. The number of amides is 1.